The van der Waals surface area contributed by atoms with Crippen LogP contribution in [0.15, 0.2) is 114 Å². The van der Waals surface area contributed by atoms with Gasteiger partial charge in [-0.1, -0.05) is 72.8 Å². The highest BCUT2D eigenvalue weighted by Crippen LogP contribution is 2.36. The summed E-state index contributed by atoms with van der Waals surface area (Å²) >= 11 is 0. The lowest BCUT2D eigenvalue weighted by Gasteiger charge is -2.12. The third kappa shape index (κ3) is 4.45. The molecule has 0 radical (unpaired) electrons. The summed E-state index contributed by atoms with van der Waals surface area (Å²) in [6, 6.07) is 30.6. The zero-order valence-corrected chi connectivity index (χ0v) is 21.7. The van der Waals surface area contributed by atoms with Gasteiger partial charge in [-0.2, -0.15) is 9.61 Å². The van der Waals surface area contributed by atoms with Crippen LogP contribution in [0.25, 0.3) is 50.1 Å². The van der Waals surface area contributed by atoms with Gasteiger partial charge < -0.3 is 5.32 Å². The van der Waals surface area contributed by atoms with Crippen molar-refractivity contribution in [2.75, 3.05) is 5.32 Å². The van der Waals surface area contributed by atoms with Gasteiger partial charge in [0, 0.05) is 29.0 Å². The summed E-state index contributed by atoms with van der Waals surface area (Å²) in [5, 5.41) is 13.8. The molecule has 3 aromatic carbocycles. The number of hydrogen-bond donors (Lipinski definition) is 3. The second-order valence-corrected chi connectivity index (χ2v) is 9.61. The first-order chi connectivity index (χ1) is 20.2. The molecule has 1 amide bonds. The number of pyridine rings is 1. The van der Waals surface area contributed by atoms with Crippen molar-refractivity contribution >= 4 is 28.3 Å². The molecule has 9 nitrogen and oxygen atoms in total. The molecule has 0 fully saturated rings. The molecule has 0 saturated heterocycles. The lowest BCUT2D eigenvalue weighted by Crippen LogP contribution is -2.23. The molecule has 7 rings (SSSR count). The van der Waals surface area contributed by atoms with Crippen molar-refractivity contribution in [3.05, 3.63) is 126 Å². The topological polar surface area (TPSA) is 121 Å². The molecule has 0 saturated carbocycles. The van der Waals surface area contributed by atoms with Gasteiger partial charge in [-0.3, -0.25) is 24.8 Å². The number of amides is 1. The number of aromatic amines is 2. The van der Waals surface area contributed by atoms with Crippen LogP contribution in [-0.2, 0) is 11.2 Å². The molecule has 0 aliphatic heterocycles. The molecular formula is C32H23N7O2. The van der Waals surface area contributed by atoms with E-state index in [4.69, 9.17) is 4.98 Å². The molecule has 198 valence electrons. The summed E-state index contributed by atoms with van der Waals surface area (Å²) in [7, 11) is 0. The molecule has 4 heterocycles. The summed E-state index contributed by atoms with van der Waals surface area (Å²) in [6.07, 6.45) is 3.36. The van der Waals surface area contributed by atoms with Gasteiger partial charge in [0.1, 0.15) is 5.82 Å². The van der Waals surface area contributed by atoms with Crippen molar-refractivity contribution in [2.45, 2.75) is 6.42 Å². The minimum atomic E-state index is -0.338. The molecular weight excluding hydrogens is 514 g/mol. The number of carbonyl (C=O) groups is 1. The Morgan fingerprint density at radius 1 is 0.805 bits per heavy atom. The van der Waals surface area contributed by atoms with Crippen molar-refractivity contribution in [1.82, 2.24) is 29.8 Å². The van der Waals surface area contributed by atoms with Crippen LogP contribution in [0, 0.1) is 0 Å². The van der Waals surface area contributed by atoms with Crippen LogP contribution in [0.2, 0.25) is 0 Å². The van der Waals surface area contributed by atoms with Crippen LogP contribution in [0.5, 0.6) is 0 Å². The van der Waals surface area contributed by atoms with Gasteiger partial charge in [0.05, 0.1) is 28.8 Å². The number of fused-ring (bicyclic) bond motifs is 2. The third-order valence-electron chi connectivity index (χ3n) is 6.96. The summed E-state index contributed by atoms with van der Waals surface area (Å²) < 4.78 is 1.46. The van der Waals surface area contributed by atoms with Crippen molar-refractivity contribution in [3.63, 3.8) is 0 Å². The molecule has 0 unspecified atom stereocenters. The second kappa shape index (κ2) is 10.0. The summed E-state index contributed by atoms with van der Waals surface area (Å²) in [4.78, 5) is 36.8. The molecule has 0 spiro atoms. The molecule has 0 atom stereocenters. The van der Waals surface area contributed by atoms with Crippen molar-refractivity contribution in [3.8, 4) is 33.5 Å². The van der Waals surface area contributed by atoms with Gasteiger partial charge in [-0.15, -0.1) is 0 Å². The van der Waals surface area contributed by atoms with E-state index >= 15 is 0 Å². The fourth-order valence-electron chi connectivity index (χ4n) is 5.08. The van der Waals surface area contributed by atoms with E-state index in [1.165, 1.54) is 4.52 Å². The highest BCUT2D eigenvalue weighted by molar-refractivity contribution is 5.98. The first-order valence-electron chi connectivity index (χ1n) is 13.1. The SMILES string of the molecule is O=C(Cc1ccn[nH]1)Nc1nc2c(-c3ccccc3)c(-c3ccccc3)[nH]n2c(=O)c1-c1ccc2ncccc2c1. The number of benzene rings is 3. The Balaban J connectivity index is 1.49. The Morgan fingerprint density at radius 3 is 2.34 bits per heavy atom. The maximum Gasteiger partial charge on any atom is 0.282 e. The van der Waals surface area contributed by atoms with Crippen molar-refractivity contribution in [2.24, 2.45) is 0 Å². The van der Waals surface area contributed by atoms with Crippen LogP contribution in [0.4, 0.5) is 5.82 Å². The molecule has 0 bridgehead atoms. The number of aromatic nitrogens is 6. The van der Waals surface area contributed by atoms with Gasteiger partial charge in [-0.25, -0.2) is 4.98 Å². The molecule has 41 heavy (non-hydrogen) atoms. The van der Waals surface area contributed by atoms with E-state index in [0.29, 0.717) is 16.9 Å². The number of rotatable bonds is 6. The highest BCUT2D eigenvalue weighted by Gasteiger charge is 2.24. The number of hydrogen-bond acceptors (Lipinski definition) is 5. The molecule has 3 N–H and O–H groups in total. The average molecular weight is 538 g/mol. The van der Waals surface area contributed by atoms with Crippen molar-refractivity contribution in [1.29, 1.82) is 0 Å². The van der Waals surface area contributed by atoms with E-state index in [1.807, 2.05) is 91.0 Å². The molecule has 0 aliphatic carbocycles. The average Bonchev–Trinajstić information content (AvgIpc) is 3.66. The van der Waals surface area contributed by atoms with Gasteiger partial charge in [-0.05, 0) is 35.4 Å². The molecule has 4 aromatic heterocycles. The number of H-pyrrole nitrogens is 2. The predicted molar refractivity (Wildman–Crippen MR) is 158 cm³/mol. The number of carbonyl (C=O) groups excluding carboxylic acids is 1. The summed E-state index contributed by atoms with van der Waals surface area (Å²) in [5.74, 6) is -0.146. The lowest BCUT2D eigenvalue weighted by atomic mass is 10.0. The first-order valence-corrected chi connectivity index (χ1v) is 13.1. The van der Waals surface area contributed by atoms with Gasteiger partial charge in [0.25, 0.3) is 5.56 Å². The maximum absolute atomic E-state index is 14.3. The first kappa shape index (κ1) is 24.2. The maximum atomic E-state index is 14.3. The molecule has 9 heteroatoms. The van der Waals surface area contributed by atoms with Crippen LogP contribution < -0.4 is 10.9 Å². The smallest absolute Gasteiger partial charge is 0.282 e. The zero-order valence-electron chi connectivity index (χ0n) is 21.7. The van der Waals surface area contributed by atoms with E-state index < -0.39 is 0 Å². The minimum Gasteiger partial charge on any atom is -0.310 e. The number of nitrogens with zero attached hydrogens (tertiary/aromatic N) is 4. The Kier molecular flexibility index (Phi) is 5.94. The van der Waals surface area contributed by atoms with Crippen LogP contribution in [0.1, 0.15) is 5.69 Å². The standard InChI is InChI=1S/C32H23N7O2/c40-26(19-24-15-17-34-37-24)35-30-28(23-13-14-25-22(18-23)12-7-16-33-25)32(41)39-31(36-30)27(20-8-3-1-4-9-20)29(38-39)21-10-5-2-6-11-21/h1-18,38H,19H2,(H,34,37)(H,35,40). The number of anilines is 1. The van der Waals surface area contributed by atoms with Gasteiger partial charge in [0.15, 0.2) is 5.65 Å². The van der Waals surface area contributed by atoms with E-state index in [0.717, 1.165) is 33.3 Å². The largest absolute Gasteiger partial charge is 0.310 e. The Hall–Kier alpha value is -5.83. The zero-order chi connectivity index (χ0) is 27.8. The highest BCUT2D eigenvalue weighted by atomic mass is 16.2. The monoisotopic (exact) mass is 537 g/mol. The summed E-state index contributed by atoms with van der Waals surface area (Å²) in [5.41, 5.74) is 5.69. The molecule has 0 aliphatic rings. The lowest BCUT2D eigenvalue weighted by molar-refractivity contribution is -0.115. The van der Waals surface area contributed by atoms with E-state index in [2.05, 4.69) is 25.6 Å². The van der Waals surface area contributed by atoms with E-state index in [9.17, 15) is 9.59 Å². The normalized spacial score (nSPS) is 11.2. The quantitative estimate of drug-likeness (QED) is 0.260. The van der Waals surface area contributed by atoms with Crippen molar-refractivity contribution < 1.29 is 4.79 Å². The van der Waals surface area contributed by atoms with Gasteiger partial charge in [0.2, 0.25) is 5.91 Å². The second-order valence-electron chi connectivity index (χ2n) is 9.61. The fourth-order valence-corrected chi connectivity index (χ4v) is 5.08. The minimum absolute atomic E-state index is 0.0517. The molecule has 7 aromatic rings. The summed E-state index contributed by atoms with van der Waals surface area (Å²) in [6.45, 7) is 0. The Bertz CT molecular complexity index is 2080. The Labute approximate surface area is 233 Å². The van der Waals surface area contributed by atoms with Crippen LogP contribution in [0.3, 0.4) is 0 Å². The Morgan fingerprint density at radius 2 is 1.59 bits per heavy atom. The predicted octanol–water partition coefficient (Wildman–Crippen LogP) is 5.48. The van der Waals surface area contributed by atoms with E-state index in [-0.39, 0.29) is 29.3 Å². The fraction of sp³-hybridized carbons (Fsp3) is 0.0312. The van der Waals surface area contributed by atoms with E-state index in [1.54, 1.807) is 18.5 Å². The third-order valence-corrected chi connectivity index (χ3v) is 6.96. The van der Waals surface area contributed by atoms with Crippen LogP contribution in [-0.4, -0.2) is 35.7 Å². The number of nitrogens with one attached hydrogen (secondary N) is 3. The van der Waals surface area contributed by atoms with Gasteiger partial charge >= 0.3 is 0 Å². The van der Waals surface area contributed by atoms with Crippen LogP contribution >= 0.6 is 0 Å².